The van der Waals surface area contributed by atoms with Gasteiger partial charge in [-0.15, -0.1) is 5.10 Å². The van der Waals surface area contributed by atoms with Gasteiger partial charge in [0.2, 0.25) is 5.89 Å². The lowest BCUT2D eigenvalue weighted by atomic mass is 10.0. The van der Waals surface area contributed by atoms with Gasteiger partial charge >= 0.3 is 6.01 Å². The molecule has 3 aromatic rings. The van der Waals surface area contributed by atoms with Crippen LogP contribution >= 0.6 is 0 Å². The first-order chi connectivity index (χ1) is 16.6. The van der Waals surface area contributed by atoms with Gasteiger partial charge in [-0.2, -0.15) is 0 Å². The van der Waals surface area contributed by atoms with E-state index in [1.807, 2.05) is 0 Å². The van der Waals surface area contributed by atoms with Crippen LogP contribution in [0.4, 0.5) is 11.8 Å². The number of hydrogen-bond acceptors (Lipinski definition) is 9. The van der Waals surface area contributed by atoms with Crippen molar-refractivity contribution < 1.29 is 9.15 Å². The van der Waals surface area contributed by atoms with Gasteiger partial charge in [0.05, 0.1) is 18.0 Å². The summed E-state index contributed by atoms with van der Waals surface area (Å²) >= 11 is 0. The Morgan fingerprint density at radius 2 is 1.82 bits per heavy atom. The van der Waals surface area contributed by atoms with E-state index in [-0.39, 0.29) is 5.60 Å². The maximum atomic E-state index is 6.19. The third kappa shape index (κ3) is 3.69. The number of hydrogen-bond donors (Lipinski definition) is 0. The summed E-state index contributed by atoms with van der Waals surface area (Å²) in [5.41, 5.74) is 4.09. The fraction of sp³-hybridized carbons (Fsp3) is 0.480. The van der Waals surface area contributed by atoms with E-state index in [9.17, 15) is 0 Å². The normalized spacial score (nSPS) is 20.8. The van der Waals surface area contributed by atoms with Gasteiger partial charge < -0.3 is 19.0 Å². The van der Waals surface area contributed by atoms with E-state index >= 15 is 0 Å². The quantitative estimate of drug-likeness (QED) is 0.556. The van der Waals surface area contributed by atoms with E-state index in [2.05, 4.69) is 61.2 Å². The number of aliphatic imine (C=N–C) groups is 1. The van der Waals surface area contributed by atoms with Crippen LogP contribution < -0.4 is 14.5 Å². The summed E-state index contributed by atoms with van der Waals surface area (Å²) in [7, 11) is 0. The summed E-state index contributed by atoms with van der Waals surface area (Å²) in [6.07, 6.45) is 6.19. The van der Waals surface area contributed by atoms with Gasteiger partial charge in [0.1, 0.15) is 23.5 Å². The van der Waals surface area contributed by atoms with Gasteiger partial charge in [-0.05, 0) is 50.3 Å². The SMILES string of the molecule is CC1(Oc2ccc3c(c2)C(c2cc(N4CCN(c5nnc(C6CC6)o5)CC4)ncn2)=NC3)CC1. The molecule has 0 atom stereocenters. The lowest BCUT2D eigenvalue weighted by molar-refractivity contribution is 0.200. The molecule has 4 aliphatic rings. The summed E-state index contributed by atoms with van der Waals surface area (Å²) < 4.78 is 12.1. The summed E-state index contributed by atoms with van der Waals surface area (Å²) in [6.45, 7) is 6.13. The first kappa shape index (κ1) is 19.9. The van der Waals surface area contributed by atoms with E-state index in [1.165, 1.54) is 5.56 Å². The molecule has 2 aromatic heterocycles. The zero-order valence-corrected chi connectivity index (χ0v) is 19.3. The zero-order valence-electron chi connectivity index (χ0n) is 19.3. The van der Waals surface area contributed by atoms with Crippen molar-refractivity contribution in [1.29, 1.82) is 0 Å². The average molecular weight is 458 g/mol. The van der Waals surface area contributed by atoms with Crippen molar-refractivity contribution in [1.82, 2.24) is 20.2 Å². The standard InChI is InChI=1S/C25H27N7O2/c1-25(6-7-25)34-18-5-4-17-14-26-22(19(17)12-18)20-13-21(28-15-27-20)31-8-10-32(11-9-31)24-30-29-23(33-24)16-2-3-16/h4-5,12-13,15-16H,2-3,6-11,14H2,1H3. The lowest BCUT2D eigenvalue weighted by Crippen LogP contribution is -2.47. The fourth-order valence-electron chi connectivity index (χ4n) is 4.63. The predicted octanol–water partition coefficient (Wildman–Crippen LogP) is 3.35. The number of nitrogens with zero attached hydrogens (tertiary/aromatic N) is 7. The molecule has 2 saturated carbocycles. The lowest BCUT2D eigenvalue weighted by Gasteiger charge is -2.34. The van der Waals surface area contributed by atoms with Crippen molar-refractivity contribution >= 4 is 17.5 Å². The molecule has 34 heavy (non-hydrogen) atoms. The Morgan fingerprint density at radius 3 is 2.62 bits per heavy atom. The van der Waals surface area contributed by atoms with Crippen LogP contribution in [0.2, 0.25) is 0 Å². The molecule has 174 valence electrons. The number of fused-ring (bicyclic) bond motifs is 1. The Morgan fingerprint density at radius 1 is 1.00 bits per heavy atom. The molecule has 0 amide bonds. The molecular formula is C25H27N7O2. The molecule has 0 bridgehead atoms. The van der Waals surface area contributed by atoms with Crippen LogP contribution in [0.25, 0.3) is 0 Å². The Hall–Kier alpha value is -3.49. The molecule has 0 spiro atoms. The number of benzene rings is 1. The number of ether oxygens (including phenoxy) is 1. The van der Waals surface area contributed by atoms with Crippen LogP contribution in [0, 0.1) is 0 Å². The van der Waals surface area contributed by atoms with E-state index in [0.717, 1.165) is 86.3 Å². The van der Waals surface area contributed by atoms with Gasteiger partial charge in [-0.3, -0.25) is 4.99 Å². The molecule has 2 aliphatic heterocycles. The van der Waals surface area contributed by atoms with Gasteiger partial charge in [0.25, 0.3) is 0 Å². The van der Waals surface area contributed by atoms with E-state index in [1.54, 1.807) is 6.33 Å². The minimum absolute atomic E-state index is 0.00489. The van der Waals surface area contributed by atoms with Crippen LogP contribution in [0.3, 0.4) is 0 Å². The second kappa shape index (κ2) is 7.51. The number of anilines is 2. The fourth-order valence-corrected chi connectivity index (χ4v) is 4.63. The van der Waals surface area contributed by atoms with Gasteiger partial charge in [-0.25, -0.2) is 9.97 Å². The number of aromatic nitrogens is 4. The van der Waals surface area contributed by atoms with Crippen molar-refractivity contribution in [3.8, 4) is 5.75 Å². The molecule has 3 fully saturated rings. The molecule has 2 aliphatic carbocycles. The Kier molecular flexibility index (Phi) is 4.40. The first-order valence-corrected chi connectivity index (χ1v) is 12.2. The predicted molar refractivity (Wildman–Crippen MR) is 127 cm³/mol. The van der Waals surface area contributed by atoms with Crippen molar-refractivity contribution in [2.24, 2.45) is 4.99 Å². The third-order valence-corrected chi connectivity index (χ3v) is 7.19. The van der Waals surface area contributed by atoms with E-state index < -0.39 is 0 Å². The summed E-state index contributed by atoms with van der Waals surface area (Å²) in [5.74, 6) is 3.09. The van der Waals surface area contributed by atoms with Crippen molar-refractivity contribution in [3.05, 3.63) is 53.3 Å². The molecule has 1 saturated heterocycles. The molecule has 4 heterocycles. The minimum atomic E-state index is -0.00489. The summed E-state index contributed by atoms with van der Waals surface area (Å²) in [4.78, 5) is 18.4. The van der Waals surface area contributed by atoms with Crippen molar-refractivity contribution in [2.45, 2.75) is 50.7 Å². The second-order valence-corrected chi connectivity index (χ2v) is 9.97. The van der Waals surface area contributed by atoms with Gasteiger partial charge in [0, 0.05) is 43.7 Å². The summed E-state index contributed by atoms with van der Waals surface area (Å²) in [5, 5.41) is 8.48. The van der Waals surface area contributed by atoms with Crippen LogP contribution in [0.5, 0.6) is 5.75 Å². The van der Waals surface area contributed by atoms with E-state index in [0.29, 0.717) is 18.5 Å². The Balaban J connectivity index is 1.07. The molecule has 1 aromatic carbocycles. The monoisotopic (exact) mass is 457 g/mol. The maximum absolute atomic E-state index is 6.19. The van der Waals surface area contributed by atoms with Crippen LogP contribution in [-0.4, -0.2) is 57.7 Å². The second-order valence-electron chi connectivity index (χ2n) is 9.97. The smallest absolute Gasteiger partial charge is 0.318 e. The van der Waals surface area contributed by atoms with Crippen LogP contribution in [0.1, 0.15) is 61.2 Å². The van der Waals surface area contributed by atoms with Gasteiger partial charge in [-0.1, -0.05) is 11.2 Å². The molecule has 9 nitrogen and oxygen atoms in total. The van der Waals surface area contributed by atoms with E-state index in [4.69, 9.17) is 14.1 Å². The minimum Gasteiger partial charge on any atom is -0.488 e. The average Bonchev–Trinajstić information content (AvgIpc) is 3.75. The Bertz CT molecular complexity index is 1270. The maximum Gasteiger partial charge on any atom is 0.318 e. The number of piperazine rings is 1. The first-order valence-electron chi connectivity index (χ1n) is 12.2. The highest BCUT2D eigenvalue weighted by Crippen LogP contribution is 2.41. The summed E-state index contributed by atoms with van der Waals surface area (Å²) in [6, 6.07) is 8.99. The molecule has 7 rings (SSSR count). The molecule has 9 heteroatoms. The van der Waals surface area contributed by atoms with Crippen LogP contribution in [-0.2, 0) is 6.54 Å². The molecule has 0 radical (unpaired) electrons. The topological polar surface area (TPSA) is 92.8 Å². The molecule has 0 N–H and O–H groups in total. The highest BCUT2D eigenvalue weighted by molar-refractivity contribution is 6.14. The van der Waals surface area contributed by atoms with Crippen molar-refractivity contribution in [2.75, 3.05) is 36.0 Å². The molecular weight excluding hydrogens is 430 g/mol. The zero-order chi connectivity index (χ0) is 22.7. The highest BCUT2D eigenvalue weighted by Gasteiger charge is 2.40. The Labute approximate surface area is 197 Å². The highest BCUT2D eigenvalue weighted by atomic mass is 16.5. The third-order valence-electron chi connectivity index (χ3n) is 7.19. The molecule has 0 unspecified atom stereocenters. The number of rotatable bonds is 6. The van der Waals surface area contributed by atoms with Crippen molar-refractivity contribution in [3.63, 3.8) is 0 Å². The largest absolute Gasteiger partial charge is 0.488 e. The van der Waals surface area contributed by atoms with Gasteiger partial charge in [0.15, 0.2) is 0 Å². The van der Waals surface area contributed by atoms with Crippen LogP contribution in [0.15, 0.2) is 40.0 Å².